The van der Waals surface area contributed by atoms with E-state index in [1.54, 1.807) is 0 Å². The molecule has 0 amide bonds. The van der Waals surface area contributed by atoms with Crippen LogP contribution in [0.15, 0.2) is 0 Å². The van der Waals surface area contributed by atoms with Crippen LogP contribution in [0, 0.1) is 11.8 Å². The quantitative estimate of drug-likeness (QED) is 0.0344. The lowest BCUT2D eigenvalue weighted by molar-refractivity contribution is -0.167. The second-order valence-electron chi connectivity index (χ2n) is 20.9. The molecule has 6 nitrogen and oxygen atoms in total. The van der Waals surface area contributed by atoms with Gasteiger partial charge in [-0.15, -0.1) is 0 Å². The van der Waals surface area contributed by atoms with Gasteiger partial charge < -0.3 is 14.2 Å². The Bertz CT molecular complexity index is 978. The largest absolute Gasteiger partial charge is 0.462 e. The van der Waals surface area contributed by atoms with Gasteiger partial charge in [0.05, 0.1) is 0 Å². The standard InChI is InChI=1S/C58H112O6/c1-6-7-8-9-10-11-12-13-14-15-16-17-23-28-33-38-43-48-56(59)62-51-55(64-58(61)50-45-40-35-30-25-20-22-27-32-37-42-47-54(4)5)52-63-57(60)49-44-39-34-29-24-19-18-21-26-31-36-41-46-53(2)3/h53-55H,6-52H2,1-5H3/t55-/m0/s1. The predicted molar refractivity (Wildman–Crippen MR) is 275 cm³/mol. The second kappa shape index (κ2) is 50.8. The zero-order valence-corrected chi connectivity index (χ0v) is 43.9. The lowest BCUT2D eigenvalue weighted by Crippen LogP contribution is -2.30. The van der Waals surface area contributed by atoms with E-state index in [2.05, 4.69) is 34.6 Å². The van der Waals surface area contributed by atoms with E-state index in [9.17, 15) is 14.4 Å². The summed E-state index contributed by atoms with van der Waals surface area (Å²) in [4.78, 5) is 38.1. The van der Waals surface area contributed by atoms with Crippen LogP contribution >= 0.6 is 0 Å². The van der Waals surface area contributed by atoms with Gasteiger partial charge in [0.2, 0.25) is 0 Å². The van der Waals surface area contributed by atoms with E-state index < -0.39 is 6.10 Å². The maximum Gasteiger partial charge on any atom is 0.306 e. The molecule has 64 heavy (non-hydrogen) atoms. The molecule has 0 unspecified atom stereocenters. The highest BCUT2D eigenvalue weighted by Crippen LogP contribution is 2.18. The summed E-state index contributed by atoms with van der Waals surface area (Å²) < 4.78 is 16.9. The molecule has 0 aliphatic heterocycles. The minimum Gasteiger partial charge on any atom is -0.462 e. The Labute approximate surface area is 399 Å². The topological polar surface area (TPSA) is 78.9 Å². The van der Waals surface area contributed by atoms with Crippen LogP contribution in [0.2, 0.25) is 0 Å². The van der Waals surface area contributed by atoms with Gasteiger partial charge in [-0.2, -0.15) is 0 Å². The first kappa shape index (κ1) is 62.4. The SMILES string of the molecule is CCCCCCCCCCCCCCCCCCCC(=O)OC[C@@H](COC(=O)CCCCCCCCCCCCCCC(C)C)OC(=O)CCCCCCCCCCCCCC(C)C. The first-order chi connectivity index (χ1) is 31.2. The summed E-state index contributed by atoms with van der Waals surface area (Å²) in [5, 5.41) is 0. The number of hydrogen-bond acceptors (Lipinski definition) is 6. The highest BCUT2D eigenvalue weighted by atomic mass is 16.6. The molecule has 0 saturated heterocycles. The highest BCUT2D eigenvalue weighted by molar-refractivity contribution is 5.71. The van der Waals surface area contributed by atoms with Crippen molar-refractivity contribution >= 4 is 17.9 Å². The molecule has 0 radical (unpaired) electrons. The summed E-state index contributed by atoms with van der Waals surface area (Å²) in [6.45, 7) is 11.4. The maximum absolute atomic E-state index is 12.8. The molecule has 380 valence electrons. The van der Waals surface area contributed by atoms with Crippen LogP contribution in [0.3, 0.4) is 0 Å². The molecule has 0 heterocycles. The first-order valence-corrected chi connectivity index (χ1v) is 28.7. The average molecular weight is 906 g/mol. The van der Waals surface area contributed by atoms with Gasteiger partial charge in [0.25, 0.3) is 0 Å². The van der Waals surface area contributed by atoms with Crippen LogP contribution < -0.4 is 0 Å². The molecule has 0 aliphatic carbocycles. The Morgan fingerprint density at radius 2 is 0.516 bits per heavy atom. The smallest absolute Gasteiger partial charge is 0.306 e. The fourth-order valence-corrected chi connectivity index (χ4v) is 8.87. The number of ether oxygens (including phenoxy) is 3. The predicted octanol–water partition coefficient (Wildman–Crippen LogP) is 18.9. The molecule has 0 fully saturated rings. The molecule has 0 spiro atoms. The van der Waals surface area contributed by atoms with Crippen LogP contribution in [-0.4, -0.2) is 37.2 Å². The van der Waals surface area contributed by atoms with E-state index >= 15 is 0 Å². The van der Waals surface area contributed by atoms with E-state index in [1.807, 2.05) is 0 Å². The van der Waals surface area contributed by atoms with Crippen molar-refractivity contribution in [2.75, 3.05) is 13.2 Å². The van der Waals surface area contributed by atoms with E-state index in [0.717, 1.165) is 69.6 Å². The van der Waals surface area contributed by atoms with Gasteiger partial charge in [-0.25, -0.2) is 0 Å². The molecule has 0 aromatic heterocycles. The van der Waals surface area contributed by atoms with Crippen molar-refractivity contribution in [2.45, 2.75) is 330 Å². The molecule has 0 aromatic carbocycles. The van der Waals surface area contributed by atoms with Crippen LogP contribution in [0.25, 0.3) is 0 Å². The summed E-state index contributed by atoms with van der Waals surface area (Å²) in [5.74, 6) is 0.818. The fraction of sp³-hybridized carbons (Fsp3) is 0.948. The number of hydrogen-bond donors (Lipinski definition) is 0. The third-order valence-corrected chi connectivity index (χ3v) is 13.2. The van der Waals surface area contributed by atoms with Gasteiger partial charge in [-0.1, -0.05) is 285 Å². The maximum atomic E-state index is 12.8. The van der Waals surface area contributed by atoms with Crippen LogP contribution in [-0.2, 0) is 28.6 Å². The molecule has 0 bridgehead atoms. The van der Waals surface area contributed by atoms with Crippen molar-refractivity contribution in [3.8, 4) is 0 Å². The Balaban J connectivity index is 4.30. The molecule has 0 aliphatic rings. The Hall–Kier alpha value is -1.59. The molecule has 0 saturated carbocycles. The van der Waals surface area contributed by atoms with Crippen molar-refractivity contribution in [1.82, 2.24) is 0 Å². The summed E-state index contributed by atoms with van der Waals surface area (Å²) in [6.07, 6.45) is 53.8. The van der Waals surface area contributed by atoms with Gasteiger partial charge in [0.1, 0.15) is 13.2 Å². The summed E-state index contributed by atoms with van der Waals surface area (Å²) in [5.41, 5.74) is 0. The lowest BCUT2D eigenvalue weighted by atomic mass is 10.0. The van der Waals surface area contributed by atoms with Gasteiger partial charge in [0, 0.05) is 19.3 Å². The number of rotatable bonds is 52. The number of unbranched alkanes of at least 4 members (excludes halogenated alkanes) is 37. The van der Waals surface area contributed by atoms with Crippen molar-refractivity contribution < 1.29 is 28.6 Å². The molecule has 0 N–H and O–H groups in total. The van der Waals surface area contributed by atoms with Gasteiger partial charge >= 0.3 is 17.9 Å². The average Bonchev–Trinajstić information content (AvgIpc) is 3.27. The summed E-state index contributed by atoms with van der Waals surface area (Å²) >= 11 is 0. The molecule has 6 heteroatoms. The Morgan fingerprint density at radius 1 is 0.297 bits per heavy atom. The lowest BCUT2D eigenvalue weighted by Gasteiger charge is -2.18. The number of carbonyl (C=O) groups is 3. The van der Waals surface area contributed by atoms with Crippen LogP contribution in [0.4, 0.5) is 0 Å². The van der Waals surface area contributed by atoms with Gasteiger partial charge in [-0.05, 0) is 31.1 Å². The zero-order chi connectivity index (χ0) is 46.8. The van der Waals surface area contributed by atoms with Crippen molar-refractivity contribution in [3.05, 3.63) is 0 Å². The van der Waals surface area contributed by atoms with Gasteiger partial charge in [0.15, 0.2) is 6.10 Å². The normalized spacial score (nSPS) is 12.0. The van der Waals surface area contributed by atoms with Crippen molar-refractivity contribution in [2.24, 2.45) is 11.8 Å². The molecular weight excluding hydrogens is 793 g/mol. The third kappa shape index (κ3) is 51.4. The van der Waals surface area contributed by atoms with E-state index in [1.165, 1.54) is 212 Å². The first-order valence-electron chi connectivity index (χ1n) is 28.7. The Morgan fingerprint density at radius 3 is 0.766 bits per heavy atom. The monoisotopic (exact) mass is 905 g/mol. The minimum absolute atomic E-state index is 0.0628. The van der Waals surface area contributed by atoms with E-state index in [0.29, 0.717) is 19.3 Å². The van der Waals surface area contributed by atoms with Crippen LogP contribution in [0.1, 0.15) is 324 Å². The van der Waals surface area contributed by atoms with Gasteiger partial charge in [-0.3, -0.25) is 14.4 Å². The molecule has 1 atom stereocenters. The number of carbonyl (C=O) groups excluding carboxylic acids is 3. The summed E-state index contributed by atoms with van der Waals surface area (Å²) in [7, 11) is 0. The molecule has 0 aromatic rings. The molecular formula is C58H112O6. The minimum atomic E-state index is -0.763. The number of esters is 3. The third-order valence-electron chi connectivity index (χ3n) is 13.2. The van der Waals surface area contributed by atoms with Crippen LogP contribution in [0.5, 0.6) is 0 Å². The fourth-order valence-electron chi connectivity index (χ4n) is 8.87. The summed E-state index contributed by atoms with van der Waals surface area (Å²) in [6, 6.07) is 0. The highest BCUT2D eigenvalue weighted by Gasteiger charge is 2.19. The zero-order valence-electron chi connectivity index (χ0n) is 43.9. The van der Waals surface area contributed by atoms with Crippen molar-refractivity contribution in [3.63, 3.8) is 0 Å². The molecule has 0 rings (SSSR count). The van der Waals surface area contributed by atoms with E-state index in [-0.39, 0.29) is 31.1 Å². The Kier molecular flexibility index (Phi) is 49.6. The second-order valence-corrected chi connectivity index (χ2v) is 20.9. The van der Waals surface area contributed by atoms with Crippen molar-refractivity contribution in [1.29, 1.82) is 0 Å². The van der Waals surface area contributed by atoms with E-state index in [4.69, 9.17) is 14.2 Å².